The first-order valence-corrected chi connectivity index (χ1v) is 5.42. The predicted molar refractivity (Wildman–Crippen MR) is 60.5 cm³/mol. The van der Waals surface area contributed by atoms with Crippen LogP contribution in [-0.4, -0.2) is 29.8 Å². The highest BCUT2D eigenvalue weighted by Gasteiger charge is 2.37. The molecule has 0 fully saturated rings. The summed E-state index contributed by atoms with van der Waals surface area (Å²) < 4.78 is 43.4. The minimum atomic E-state index is -4.64. The SMILES string of the molecule is O=C(O)NC1COc2c(cccc2C(F)(F)F)NC1=O. The molecule has 1 aliphatic rings. The normalized spacial score (nSPS) is 18.4. The van der Waals surface area contributed by atoms with Gasteiger partial charge in [0.15, 0.2) is 5.75 Å². The third-order valence-corrected chi connectivity index (χ3v) is 2.59. The van der Waals surface area contributed by atoms with E-state index >= 15 is 0 Å². The van der Waals surface area contributed by atoms with Crippen molar-refractivity contribution in [2.75, 3.05) is 11.9 Å². The molecule has 108 valence electrons. The lowest BCUT2D eigenvalue weighted by molar-refractivity contribution is -0.138. The van der Waals surface area contributed by atoms with E-state index in [0.29, 0.717) is 0 Å². The quantitative estimate of drug-likeness (QED) is 0.734. The molecule has 1 unspecified atom stereocenters. The summed E-state index contributed by atoms with van der Waals surface area (Å²) in [7, 11) is 0. The number of amides is 2. The summed E-state index contributed by atoms with van der Waals surface area (Å²) >= 11 is 0. The number of halogens is 3. The van der Waals surface area contributed by atoms with Crippen molar-refractivity contribution in [2.45, 2.75) is 12.2 Å². The number of para-hydroxylation sites is 1. The number of nitrogens with one attached hydrogen (secondary N) is 2. The van der Waals surface area contributed by atoms with E-state index in [1.807, 2.05) is 5.32 Å². The van der Waals surface area contributed by atoms with Crippen molar-refractivity contribution in [2.24, 2.45) is 0 Å². The highest BCUT2D eigenvalue weighted by molar-refractivity contribution is 5.98. The van der Waals surface area contributed by atoms with Crippen molar-refractivity contribution in [3.05, 3.63) is 23.8 Å². The molecule has 1 atom stereocenters. The Hall–Kier alpha value is -2.45. The largest absolute Gasteiger partial charge is 0.488 e. The van der Waals surface area contributed by atoms with Crippen molar-refractivity contribution in [3.8, 4) is 5.75 Å². The maximum Gasteiger partial charge on any atom is 0.420 e. The topological polar surface area (TPSA) is 87.7 Å². The Morgan fingerprint density at radius 2 is 2.15 bits per heavy atom. The van der Waals surface area contributed by atoms with E-state index in [0.717, 1.165) is 12.1 Å². The van der Waals surface area contributed by atoms with Gasteiger partial charge in [-0.3, -0.25) is 4.79 Å². The second-order valence-corrected chi connectivity index (χ2v) is 3.98. The van der Waals surface area contributed by atoms with Crippen molar-refractivity contribution in [1.82, 2.24) is 5.32 Å². The lowest BCUT2D eigenvalue weighted by Crippen LogP contribution is -2.45. The molecule has 2 amide bonds. The summed E-state index contributed by atoms with van der Waals surface area (Å²) in [6, 6.07) is 1.89. The molecule has 6 nitrogen and oxygen atoms in total. The van der Waals surface area contributed by atoms with Gasteiger partial charge in [-0.1, -0.05) is 6.07 Å². The maximum absolute atomic E-state index is 12.8. The monoisotopic (exact) mass is 290 g/mol. The van der Waals surface area contributed by atoms with Crippen molar-refractivity contribution < 1.29 is 32.6 Å². The Bertz CT molecular complexity index is 559. The van der Waals surface area contributed by atoms with Gasteiger partial charge in [0, 0.05) is 0 Å². The number of fused-ring (bicyclic) bond motifs is 1. The lowest BCUT2D eigenvalue weighted by Gasteiger charge is -2.15. The number of alkyl halides is 3. The van der Waals surface area contributed by atoms with Gasteiger partial charge in [-0.15, -0.1) is 0 Å². The van der Waals surface area contributed by atoms with Crippen molar-refractivity contribution in [1.29, 1.82) is 0 Å². The zero-order valence-electron chi connectivity index (χ0n) is 9.82. The molecule has 0 bridgehead atoms. The molecule has 3 N–H and O–H groups in total. The number of carbonyl (C=O) groups excluding carboxylic acids is 1. The Kier molecular flexibility index (Phi) is 3.43. The van der Waals surface area contributed by atoms with Crippen LogP contribution in [0.1, 0.15) is 5.56 Å². The molecule has 0 spiro atoms. The first-order valence-electron chi connectivity index (χ1n) is 5.42. The summed E-state index contributed by atoms with van der Waals surface area (Å²) in [5, 5.41) is 12.6. The first kappa shape index (κ1) is 14.0. The lowest BCUT2D eigenvalue weighted by atomic mass is 10.1. The molecule has 0 aliphatic carbocycles. The molecule has 2 rings (SSSR count). The number of hydrogen-bond donors (Lipinski definition) is 3. The van der Waals surface area contributed by atoms with Crippen LogP contribution in [0.25, 0.3) is 0 Å². The fourth-order valence-electron chi connectivity index (χ4n) is 1.73. The van der Waals surface area contributed by atoms with Crippen LogP contribution in [0.4, 0.5) is 23.7 Å². The van der Waals surface area contributed by atoms with Crippen LogP contribution < -0.4 is 15.4 Å². The zero-order chi connectivity index (χ0) is 14.9. The van der Waals surface area contributed by atoms with E-state index in [-0.39, 0.29) is 5.69 Å². The molecule has 0 saturated carbocycles. The van der Waals surface area contributed by atoms with E-state index < -0.39 is 42.1 Å². The number of carboxylic acid groups (broad SMARTS) is 1. The Morgan fingerprint density at radius 3 is 2.75 bits per heavy atom. The highest BCUT2D eigenvalue weighted by atomic mass is 19.4. The second kappa shape index (κ2) is 4.91. The third kappa shape index (κ3) is 2.76. The van der Waals surface area contributed by atoms with E-state index in [4.69, 9.17) is 9.84 Å². The molecule has 0 radical (unpaired) electrons. The summed E-state index contributed by atoms with van der Waals surface area (Å²) in [4.78, 5) is 22.2. The van der Waals surface area contributed by atoms with E-state index in [2.05, 4.69) is 5.32 Å². The molecular weight excluding hydrogens is 281 g/mol. The molecule has 9 heteroatoms. The molecular formula is C11H9F3N2O4. The summed E-state index contributed by atoms with van der Waals surface area (Å²) in [5.74, 6) is -1.31. The van der Waals surface area contributed by atoms with E-state index in [9.17, 15) is 22.8 Å². The molecule has 0 aromatic heterocycles. The van der Waals surface area contributed by atoms with E-state index in [1.165, 1.54) is 6.07 Å². The van der Waals surface area contributed by atoms with Crippen LogP contribution in [-0.2, 0) is 11.0 Å². The van der Waals surface area contributed by atoms with Gasteiger partial charge in [-0.25, -0.2) is 4.79 Å². The number of benzene rings is 1. The van der Waals surface area contributed by atoms with E-state index in [1.54, 1.807) is 0 Å². The summed E-state index contributed by atoms with van der Waals surface area (Å²) in [6.45, 7) is -0.530. The van der Waals surface area contributed by atoms with Crippen LogP contribution in [0.3, 0.4) is 0 Å². The standard InChI is InChI=1S/C11H9F3N2O4/c12-11(13,14)5-2-1-3-6-8(5)20-4-7(9(17)15-6)16-10(18)19/h1-3,7,16H,4H2,(H,15,17)(H,18,19). The van der Waals surface area contributed by atoms with Gasteiger partial charge >= 0.3 is 12.3 Å². The molecule has 1 aromatic rings. The van der Waals surface area contributed by atoms with Crippen molar-refractivity contribution >= 4 is 17.7 Å². The Labute approximate surface area is 110 Å². The fraction of sp³-hybridized carbons (Fsp3) is 0.273. The van der Waals surface area contributed by atoms with Crippen LogP contribution in [0, 0.1) is 0 Å². The smallest absolute Gasteiger partial charge is 0.420 e. The number of ether oxygens (including phenoxy) is 1. The number of anilines is 1. The van der Waals surface area contributed by atoms with Crippen LogP contribution in [0.15, 0.2) is 18.2 Å². The average molecular weight is 290 g/mol. The van der Waals surface area contributed by atoms with Gasteiger partial charge in [-0.05, 0) is 12.1 Å². The second-order valence-electron chi connectivity index (χ2n) is 3.98. The number of rotatable bonds is 1. The van der Waals surface area contributed by atoms with Gasteiger partial charge < -0.3 is 20.5 Å². The van der Waals surface area contributed by atoms with Gasteiger partial charge in [0.25, 0.3) is 5.91 Å². The van der Waals surface area contributed by atoms with Crippen LogP contribution in [0.2, 0.25) is 0 Å². The highest BCUT2D eigenvalue weighted by Crippen LogP contribution is 2.41. The average Bonchev–Trinajstić information content (AvgIpc) is 2.47. The molecule has 0 saturated heterocycles. The minimum Gasteiger partial charge on any atom is -0.488 e. The predicted octanol–water partition coefficient (Wildman–Crippen LogP) is 1.67. The molecule has 1 aromatic carbocycles. The summed E-state index contributed by atoms with van der Waals surface area (Å²) in [5.41, 5.74) is -1.19. The van der Waals surface area contributed by atoms with Crippen molar-refractivity contribution in [3.63, 3.8) is 0 Å². The zero-order valence-corrected chi connectivity index (χ0v) is 9.82. The molecule has 20 heavy (non-hydrogen) atoms. The minimum absolute atomic E-state index is 0.153. The number of carbonyl (C=O) groups is 2. The molecule has 1 aliphatic heterocycles. The first-order chi connectivity index (χ1) is 9.29. The van der Waals surface area contributed by atoms with Gasteiger partial charge in [0.05, 0.1) is 11.3 Å². The van der Waals surface area contributed by atoms with Crippen LogP contribution in [0.5, 0.6) is 5.75 Å². The summed E-state index contributed by atoms with van der Waals surface area (Å²) in [6.07, 6.45) is -6.12. The van der Waals surface area contributed by atoms with Gasteiger partial charge in [-0.2, -0.15) is 13.2 Å². The maximum atomic E-state index is 12.8. The fourth-order valence-corrected chi connectivity index (χ4v) is 1.73. The molecule has 1 heterocycles. The Balaban J connectivity index is 2.35. The van der Waals surface area contributed by atoms with Gasteiger partial charge in [0.1, 0.15) is 12.6 Å². The Morgan fingerprint density at radius 1 is 1.45 bits per heavy atom. The van der Waals surface area contributed by atoms with Gasteiger partial charge in [0.2, 0.25) is 0 Å². The third-order valence-electron chi connectivity index (χ3n) is 2.59. The number of hydrogen-bond acceptors (Lipinski definition) is 3. The van der Waals surface area contributed by atoms with Crippen LogP contribution >= 0.6 is 0 Å².